The van der Waals surface area contributed by atoms with Gasteiger partial charge in [-0.15, -0.1) is 0 Å². The van der Waals surface area contributed by atoms with Crippen molar-refractivity contribution < 1.29 is 4.74 Å². The van der Waals surface area contributed by atoms with Gasteiger partial charge in [0.2, 0.25) is 0 Å². The molecule has 3 N–H and O–H groups in total. The standard InChI is InChI=1S/C12H21N3O/c1-4-16-11-6-5-7-14-12(11)15-10(3)8-9(2)13/h5-7,9-10H,4,8,13H2,1-3H3,(H,14,15). The summed E-state index contributed by atoms with van der Waals surface area (Å²) in [7, 11) is 0. The third-order valence-electron chi connectivity index (χ3n) is 2.18. The highest BCUT2D eigenvalue weighted by Gasteiger charge is 2.09. The molecule has 16 heavy (non-hydrogen) atoms. The molecule has 2 unspecified atom stereocenters. The SMILES string of the molecule is CCOc1cccnc1NC(C)CC(C)N. The summed E-state index contributed by atoms with van der Waals surface area (Å²) in [5, 5.41) is 3.31. The van der Waals surface area contributed by atoms with Crippen LogP contribution >= 0.6 is 0 Å². The minimum absolute atomic E-state index is 0.182. The lowest BCUT2D eigenvalue weighted by atomic mass is 10.1. The van der Waals surface area contributed by atoms with Gasteiger partial charge >= 0.3 is 0 Å². The molecule has 1 rings (SSSR count). The first kappa shape index (κ1) is 12.8. The first-order chi connectivity index (χ1) is 7.63. The van der Waals surface area contributed by atoms with Crippen molar-refractivity contribution in [2.45, 2.75) is 39.3 Å². The number of nitrogens with zero attached hydrogens (tertiary/aromatic N) is 1. The van der Waals surface area contributed by atoms with Crippen molar-refractivity contribution in [2.75, 3.05) is 11.9 Å². The molecule has 0 aliphatic carbocycles. The third kappa shape index (κ3) is 4.06. The van der Waals surface area contributed by atoms with Crippen LogP contribution in [0.5, 0.6) is 5.75 Å². The minimum Gasteiger partial charge on any atom is -0.490 e. The molecule has 0 aromatic carbocycles. The molecule has 1 aromatic rings. The van der Waals surface area contributed by atoms with Gasteiger partial charge in [-0.1, -0.05) is 0 Å². The zero-order valence-corrected chi connectivity index (χ0v) is 10.2. The van der Waals surface area contributed by atoms with E-state index in [0.29, 0.717) is 6.61 Å². The fraction of sp³-hybridized carbons (Fsp3) is 0.583. The first-order valence-corrected chi connectivity index (χ1v) is 5.73. The molecule has 2 atom stereocenters. The second-order valence-electron chi connectivity index (χ2n) is 4.04. The van der Waals surface area contributed by atoms with E-state index >= 15 is 0 Å². The highest BCUT2D eigenvalue weighted by Crippen LogP contribution is 2.21. The summed E-state index contributed by atoms with van der Waals surface area (Å²) in [6.07, 6.45) is 2.66. The van der Waals surface area contributed by atoms with Gasteiger partial charge in [-0.25, -0.2) is 4.98 Å². The predicted molar refractivity (Wildman–Crippen MR) is 66.8 cm³/mol. The summed E-state index contributed by atoms with van der Waals surface area (Å²) < 4.78 is 5.49. The topological polar surface area (TPSA) is 60.2 Å². The summed E-state index contributed by atoms with van der Waals surface area (Å²) in [6, 6.07) is 4.25. The molecule has 4 nitrogen and oxygen atoms in total. The van der Waals surface area contributed by atoms with E-state index in [-0.39, 0.29) is 12.1 Å². The van der Waals surface area contributed by atoms with E-state index in [1.807, 2.05) is 26.0 Å². The van der Waals surface area contributed by atoms with E-state index in [9.17, 15) is 0 Å². The van der Waals surface area contributed by atoms with Crippen LogP contribution in [-0.2, 0) is 0 Å². The number of nitrogens with two attached hydrogens (primary N) is 1. The zero-order valence-electron chi connectivity index (χ0n) is 10.2. The Morgan fingerprint density at radius 1 is 1.50 bits per heavy atom. The van der Waals surface area contributed by atoms with Gasteiger partial charge < -0.3 is 15.8 Å². The van der Waals surface area contributed by atoms with Crippen molar-refractivity contribution in [1.29, 1.82) is 0 Å². The smallest absolute Gasteiger partial charge is 0.168 e. The Hall–Kier alpha value is -1.29. The van der Waals surface area contributed by atoms with Crippen LogP contribution in [0.4, 0.5) is 5.82 Å². The van der Waals surface area contributed by atoms with E-state index in [0.717, 1.165) is 18.0 Å². The molecule has 0 radical (unpaired) electrons. The Kier molecular flexibility index (Phi) is 5.05. The zero-order chi connectivity index (χ0) is 12.0. The number of aromatic nitrogens is 1. The van der Waals surface area contributed by atoms with Crippen molar-refractivity contribution in [3.63, 3.8) is 0 Å². The number of pyridine rings is 1. The van der Waals surface area contributed by atoms with Crippen molar-refractivity contribution in [2.24, 2.45) is 5.73 Å². The monoisotopic (exact) mass is 223 g/mol. The Balaban J connectivity index is 2.64. The van der Waals surface area contributed by atoms with E-state index in [1.165, 1.54) is 0 Å². The Labute approximate surface area is 97.2 Å². The normalized spacial score (nSPS) is 14.2. The van der Waals surface area contributed by atoms with Gasteiger partial charge in [-0.05, 0) is 39.3 Å². The molecule has 0 fully saturated rings. The number of hydrogen-bond donors (Lipinski definition) is 2. The fourth-order valence-electron chi connectivity index (χ4n) is 1.62. The molecule has 0 saturated heterocycles. The maximum absolute atomic E-state index is 5.75. The quantitative estimate of drug-likeness (QED) is 0.774. The molecular weight excluding hydrogens is 202 g/mol. The van der Waals surface area contributed by atoms with Gasteiger partial charge in [0.25, 0.3) is 0 Å². The van der Waals surface area contributed by atoms with Gasteiger partial charge in [-0.3, -0.25) is 0 Å². The average Bonchev–Trinajstić information content (AvgIpc) is 2.20. The first-order valence-electron chi connectivity index (χ1n) is 5.73. The highest BCUT2D eigenvalue weighted by molar-refractivity contribution is 5.49. The van der Waals surface area contributed by atoms with Crippen molar-refractivity contribution in [3.05, 3.63) is 18.3 Å². The number of nitrogens with one attached hydrogen (secondary N) is 1. The summed E-state index contributed by atoms with van der Waals surface area (Å²) in [5.74, 6) is 1.58. The third-order valence-corrected chi connectivity index (χ3v) is 2.18. The van der Waals surface area contributed by atoms with Gasteiger partial charge in [0.05, 0.1) is 6.61 Å². The van der Waals surface area contributed by atoms with Crippen molar-refractivity contribution >= 4 is 5.82 Å². The fourth-order valence-corrected chi connectivity index (χ4v) is 1.62. The molecule has 0 aliphatic heterocycles. The van der Waals surface area contributed by atoms with Crippen LogP contribution in [0, 0.1) is 0 Å². The van der Waals surface area contributed by atoms with Gasteiger partial charge in [0, 0.05) is 18.3 Å². The van der Waals surface area contributed by atoms with Crippen LogP contribution in [0.1, 0.15) is 27.2 Å². The predicted octanol–water partition coefficient (Wildman–Crippen LogP) is 2.02. The van der Waals surface area contributed by atoms with Gasteiger partial charge in [-0.2, -0.15) is 0 Å². The number of hydrogen-bond acceptors (Lipinski definition) is 4. The minimum atomic E-state index is 0.182. The lowest BCUT2D eigenvalue weighted by Gasteiger charge is -2.18. The van der Waals surface area contributed by atoms with Gasteiger partial charge in [0.15, 0.2) is 11.6 Å². The number of rotatable bonds is 6. The second-order valence-corrected chi connectivity index (χ2v) is 4.04. The highest BCUT2D eigenvalue weighted by atomic mass is 16.5. The molecule has 0 bridgehead atoms. The Morgan fingerprint density at radius 3 is 2.88 bits per heavy atom. The van der Waals surface area contributed by atoms with Crippen LogP contribution in [-0.4, -0.2) is 23.7 Å². The molecular formula is C12H21N3O. The molecule has 0 spiro atoms. The van der Waals surface area contributed by atoms with Crippen LogP contribution < -0.4 is 15.8 Å². The van der Waals surface area contributed by atoms with E-state index in [2.05, 4.69) is 17.2 Å². The lowest BCUT2D eigenvalue weighted by molar-refractivity contribution is 0.340. The molecule has 0 saturated carbocycles. The largest absolute Gasteiger partial charge is 0.490 e. The molecule has 4 heteroatoms. The van der Waals surface area contributed by atoms with E-state index in [1.54, 1.807) is 6.20 Å². The lowest BCUT2D eigenvalue weighted by Crippen LogP contribution is -2.26. The molecule has 1 heterocycles. The number of anilines is 1. The van der Waals surface area contributed by atoms with Gasteiger partial charge in [0.1, 0.15) is 0 Å². The number of ether oxygens (including phenoxy) is 1. The maximum Gasteiger partial charge on any atom is 0.168 e. The maximum atomic E-state index is 5.75. The van der Waals surface area contributed by atoms with E-state index < -0.39 is 0 Å². The summed E-state index contributed by atoms with van der Waals surface area (Å²) in [4.78, 5) is 4.27. The Bertz CT molecular complexity index is 315. The van der Waals surface area contributed by atoms with Crippen molar-refractivity contribution in [1.82, 2.24) is 4.98 Å². The molecule has 0 amide bonds. The average molecular weight is 223 g/mol. The molecule has 1 aromatic heterocycles. The Morgan fingerprint density at radius 2 is 2.25 bits per heavy atom. The van der Waals surface area contributed by atoms with Crippen molar-refractivity contribution in [3.8, 4) is 5.75 Å². The summed E-state index contributed by atoms with van der Waals surface area (Å²) in [5.41, 5.74) is 5.75. The summed E-state index contributed by atoms with van der Waals surface area (Å²) >= 11 is 0. The van der Waals surface area contributed by atoms with Crippen LogP contribution in [0.3, 0.4) is 0 Å². The molecule has 90 valence electrons. The molecule has 0 aliphatic rings. The van der Waals surface area contributed by atoms with Crippen LogP contribution in [0.2, 0.25) is 0 Å². The van der Waals surface area contributed by atoms with Crippen LogP contribution in [0.15, 0.2) is 18.3 Å². The van der Waals surface area contributed by atoms with E-state index in [4.69, 9.17) is 10.5 Å². The second kappa shape index (κ2) is 6.33. The van der Waals surface area contributed by atoms with Crippen LogP contribution in [0.25, 0.3) is 0 Å². The summed E-state index contributed by atoms with van der Waals surface area (Å²) in [6.45, 7) is 6.69.